The van der Waals surface area contributed by atoms with Crippen LogP contribution in [-0.4, -0.2) is 18.2 Å². The molecule has 1 heterocycles. The molecule has 152 valence electrons. The van der Waals surface area contributed by atoms with Crippen molar-refractivity contribution in [3.8, 4) is 5.75 Å². The van der Waals surface area contributed by atoms with Crippen molar-refractivity contribution >= 4 is 11.9 Å². The van der Waals surface area contributed by atoms with Crippen LogP contribution < -0.4 is 4.74 Å². The molecule has 0 N–H and O–H groups in total. The van der Waals surface area contributed by atoms with Gasteiger partial charge in [0.15, 0.2) is 0 Å². The smallest absolute Gasteiger partial charge is 0.334 e. The third-order valence-electron chi connectivity index (χ3n) is 4.70. The highest BCUT2D eigenvalue weighted by molar-refractivity contribution is 5.90. The fourth-order valence-corrected chi connectivity index (χ4v) is 3.07. The Morgan fingerprint density at radius 2 is 1.89 bits per heavy atom. The van der Waals surface area contributed by atoms with Crippen LogP contribution in [0.15, 0.2) is 49.1 Å². The Balaban J connectivity index is 1.89. The SMILES string of the molecule is C=CC(=O)OC(CCCCCCCC)Oc1ccc(C2CC(=C)C(=O)O2)cc1. The van der Waals surface area contributed by atoms with Gasteiger partial charge in [0.25, 0.3) is 0 Å². The van der Waals surface area contributed by atoms with Gasteiger partial charge in [-0.1, -0.05) is 64.3 Å². The zero-order valence-electron chi connectivity index (χ0n) is 16.7. The van der Waals surface area contributed by atoms with E-state index in [-0.39, 0.29) is 12.1 Å². The number of esters is 2. The second kappa shape index (κ2) is 11.3. The van der Waals surface area contributed by atoms with Crippen LogP contribution in [0.3, 0.4) is 0 Å². The molecule has 2 rings (SSSR count). The van der Waals surface area contributed by atoms with E-state index in [0.717, 1.165) is 24.5 Å². The predicted octanol–water partition coefficient (Wildman–Crippen LogP) is 5.42. The lowest BCUT2D eigenvalue weighted by Crippen LogP contribution is -2.23. The summed E-state index contributed by atoms with van der Waals surface area (Å²) >= 11 is 0. The van der Waals surface area contributed by atoms with E-state index in [9.17, 15) is 9.59 Å². The largest absolute Gasteiger partial charge is 0.455 e. The molecule has 1 aliphatic rings. The lowest BCUT2D eigenvalue weighted by molar-refractivity contribution is -0.158. The summed E-state index contributed by atoms with van der Waals surface area (Å²) in [4.78, 5) is 23.1. The number of hydrogen-bond donors (Lipinski definition) is 0. The maximum atomic E-state index is 11.6. The molecule has 0 amide bonds. The normalized spacial score (nSPS) is 17.1. The molecule has 1 aliphatic heterocycles. The van der Waals surface area contributed by atoms with Gasteiger partial charge in [-0.05, 0) is 24.1 Å². The highest BCUT2D eigenvalue weighted by atomic mass is 16.7. The molecule has 28 heavy (non-hydrogen) atoms. The highest BCUT2D eigenvalue weighted by Gasteiger charge is 2.28. The summed E-state index contributed by atoms with van der Waals surface area (Å²) in [7, 11) is 0. The number of benzene rings is 1. The summed E-state index contributed by atoms with van der Waals surface area (Å²) in [6.45, 7) is 9.33. The number of unbranched alkanes of at least 4 members (excludes halogenated alkanes) is 5. The molecule has 2 atom stereocenters. The molecular formula is C23H30O5. The lowest BCUT2D eigenvalue weighted by atomic mass is 10.1. The molecule has 1 aromatic carbocycles. The quantitative estimate of drug-likeness (QED) is 0.208. The number of carbonyl (C=O) groups excluding carboxylic acids is 2. The summed E-state index contributed by atoms with van der Waals surface area (Å²) in [6, 6.07) is 7.28. The van der Waals surface area contributed by atoms with Crippen LogP contribution in [0.25, 0.3) is 0 Å². The Kier molecular flexibility index (Phi) is 8.79. The first-order valence-electron chi connectivity index (χ1n) is 10.0. The number of carbonyl (C=O) groups is 2. The maximum absolute atomic E-state index is 11.6. The summed E-state index contributed by atoms with van der Waals surface area (Å²) in [5.41, 5.74) is 1.37. The maximum Gasteiger partial charge on any atom is 0.334 e. The Morgan fingerprint density at radius 1 is 1.21 bits per heavy atom. The summed E-state index contributed by atoms with van der Waals surface area (Å²) in [6.07, 6.45) is 8.21. The molecule has 1 saturated heterocycles. The van der Waals surface area contributed by atoms with Crippen molar-refractivity contribution < 1.29 is 23.8 Å². The fourth-order valence-electron chi connectivity index (χ4n) is 3.07. The van der Waals surface area contributed by atoms with Crippen molar-refractivity contribution in [3.63, 3.8) is 0 Å². The Labute approximate surface area is 167 Å². The first-order valence-corrected chi connectivity index (χ1v) is 10.0. The van der Waals surface area contributed by atoms with Crippen molar-refractivity contribution in [2.24, 2.45) is 0 Å². The standard InChI is InChI=1S/C23H30O5/c1-4-6-7-8-9-10-11-22(28-21(24)5-2)26-19-14-12-18(13-15-19)20-16-17(3)23(25)27-20/h5,12-15,20,22H,2-4,6-11,16H2,1H3. The molecule has 1 fully saturated rings. The minimum atomic E-state index is -0.647. The van der Waals surface area contributed by atoms with Crippen LogP contribution >= 0.6 is 0 Å². The van der Waals surface area contributed by atoms with Crippen molar-refractivity contribution in [1.29, 1.82) is 0 Å². The van der Waals surface area contributed by atoms with E-state index in [4.69, 9.17) is 14.2 Å². The lowest BCUT2D eigenvalue weighted by Gasteiger charge is -2.19. The van der Waals surface area contributed by atoms with Gasteiger partial charge in [0.05, 0.1) is 0 Å². The highest BCUT2D eigenvalue weighted by Crippen LogP contribution is 2.33. The van der Waals surface area contributed by atoms with Crippen molar-refractivity contribution in [3.05, 3.63) is 54.6 Å². The van der Waals surface area contributed by atoms with Gasteiger partial charge >= 0.3 is 11.9 Å². The second-order valence-electron chi connectivity index (χ2n) is 7.02. The molecule has 5 nitrogen and oxygen atoms in total. The van der Waals surface area contributed by atoms with Crippen LogP contribution in [0.5, 0.6) is 5.75 Å². The average Bonchev–Trinajstić information content (AvgIpc) is 3.03. The molecular weight excluding hydrogens is 356 g/mol. The van der Waals surface area contributed by atoms with Crippen molar-refractivity contribution in [1.82, 2.24) is 0 Å². The zero-order chi connectivity index (χ0) is 20.4. The van der Waals surface area contributed by atoms with E-state index < -0.39 is 12.3 Å². The minimum Gasteiger partial charge on any atom is -0.455 e. The molecule has 0 bridgehead atoms. The van der Waals surface area contributed by atoms with Crippen LogP contribution in [0.2, 0.25) is 0 Å². The van der Waals surface area contributed by atoms with Crippen LogP contribution in [0.4, 0.5) is 0 Å². The van der Waals surface area contributed by atoms with Crippen LogP contribution in [0, 0.1) is 0 Å². The van der Waals surface area contributed by atoms with Gasteiger partial charge in [0.2, 0.25) is 6.29 Å². The van der Waals surface area contributed by atoms with Gasteiger partial charge in [0.1, 0.15) is 11.9 Å². The molecule has 2 unspecified atom stereocenters. The molecule has 0 saturated carbocycles. The van der Waals surface area contributed by atoms with Crippen LogP contribution in [-0.2, 0) is 19.1 Å². The number of ether oxygens (including phenoxy) is 3. The van der Waals surface area contributed by atoms with E-state index in [1.54, 1.807) is 12.1 Å². The first kappa shape index (κ1) is 21.7. The molecule has 0 spiro atoms. The van der Waals surface area contributed by atoms with E-state index in [1.165, 1.54) is 25.7 Å². The minimum absolute atomic E-state index is 0.299. The second-order valence-corrected chi connectivity index (χ2v) is 7.02. The predicted molar refractivity (Wildman–Crippen MR) is 108 cm³/mol. The van der Waals surface area contributed by atoms with Crippen LogP contribution in [0.1, 0.15) is 70.0 Å². The average molecular weight is 386 g/mol. The molecule has 1 aromatic rings. The van der Waals surface area contributed by atoms with E-state index in [1.807, 2.05) is 12.1 Å². The summed E-state index contributed by atoms with van der Waals surface area (Å²) in [5.74, 6) is -0.246. The molecule has 0 aliphatic carbocycles. The number of cyclic esters (lactones) is 1. The Bertz CT molecular complexity index is 661. The van der Waals surface area contributed by atoms with Gasteiger partial charge in [0, 0.05) is 24.5 Å². The van der Waals surface area contributed by atoms with Gasteiger partial charge in [-0.2, -0.15) is 0 Å². The van der Waals surface area contributed by atoms with Gasteiger partial charge in [-0.25, -0.2) is 9.59 Å². The number of hydrogen-bond acceptors (Lipinski definition) is 5. The number of rotatable bonds is 12. The Morgan fingerprint density at radius 3 is 2.50 bits per heavy atom. The van der Waals surface area contributed by atoms with Gasteiger partial charge in [-0.3, -0.25) is 0 Å². The van der Waals surface area contributed by atoms with Crippen molar-refractivity contribution in [2.75, 3.05) is 0 Å². The van der Waals surface area contributed by atoms with E-state index >= 15 is 0 Å². The van der Waals surface area contributed by atoms with Gasteiger partial charge < -0.3 is 14.2 Å². The summed E-state index contributed by atoms with van der Waals surface area (Å²) < 4.78 is 16.5. The van der Waals surface area contributed by atoms with Crippen molar-refractivity contribution in [2.45, 2.75) is 70.7 Å². The molecule has 0 aromatic heterocycles. The molecule has 5 heteroatoms. The fraction of sp³-hybridized carbons (Fsp3) is 0.478. The monoisotopic (exact) mass is 386 g/mol. The van der Waals surface area contributed by atoms with E-state index in [2.05, 4.69) is 20.1 Å². The first-order chi connectivity index (χ1) is 13.5. The van der Waals surface area contributed by atoms with E-state index in [0.29, 0.717) is 24.2 Å². The molecule has 0 radical (unpaired) electrons. The zero-order valence-corrected chi connectivity index (χ0v) is 16.7. The third kappa shape index (κ3) is 6.87. The topological polar surface area (TPSA) is 61.8 Å². The summed E-state index contributed by atoms with van der Waals surface area (Å²) in [5, 5.41) is 0. The third-order valence-corrected chi connectivity index (χ3v) is 4.70. The Hall–Kier alpha value is -2.56. The van der Waals surface area contributed by atoms with Gasteiger partial charge in [-0.15, -0.1) is 0 Å².